The predicted molar refractivity (Wildman–Crippen MR) is 166 cm³/mol. The molecule has 1 saturated heterocycles. The summed E-state index contributed by atoms with van der Waals surface area (Å²) in [6.45, 7) is 9.83. The standard InChI is InChI=1S/C33H36N4O6S/c1-21(2)35-16-15-27(19-35)42-26-11-14-30-29(18-26)33(39)36(20-34-30)31-17-24(8-7-23(31)4)32(38)37(25-9-10-25)43-44(40,41)28-12-5-22(3)6-13-28/h5-8,11-14,17-18,20-21,25,27H,9-10,15-16,19H2,1-4H3/t27-/m0/s1. The monoisotopic (exact) mass is 616 g/mol. The average Bonchev–Trinajstić information content (AvgIpc) is 3.74. The van der Waals surface area contributed by atoms with E-state index in [4.69, 9.17) is 9.02 Å². The zero-order chi connectivity index (χ0) is 31.2. The van der Waals surface area contributed by atoms with Gasteiger partial charge in [-0.1, -0.05) is 23.8 Å². The molecule has 1 atom stereocenters. The largest absolute Gasteiger partial charge is 0.489 e. The molecule has 2 aliphatic rings. The molecule has 2 fully saturated rings. The lowest BCUT2D eigenvalue weighted by atomic mass is 10.1. The molecule has 2 heterocycles. The maximum absolute atomic E-state index is 13.8. The number of hydrogen-bond donors (Lipinski definition) is 0. The van der Waals surface area contributed by atoms with Crippen LogP contribution in [0.25, 0.3) is 16.6 Å². The van der Waals surface area contributed by atoms with Crippen molar-refractivity contribution in [3.63, 3.8) is 0 Å². The van der Waals surface area contributed by atoms with E-state index in [1.54, 1.807) is 42.5 Å². The van der Waals surface area contributed by atoms with Crippen LogP contribution in [0.2, 0.25) is 0 Å². The smallest absolute Gasteiger partial charge is 0.317 e. The minimum absolute atomic E-state index is 0.0338. The minimum Gasteiger partial charge on any atom is -0.489 e. The number of amides is 1. The van der Waals surface area contributed by atoms with E-state index in [1.807, 2.05) is 19.9 Å². The van der Waals surface area contributed by atoms with Gasteiger partial charge in [0.25, 0.3) is 11.5 Å². The number of benzene rings is 3. The highest BCUT2D eigenvalue weighted by molar-refractivity contribution is 7.86. The highest BCUT2D eigenvalue weighted by Crippen LogP contribution is 2.31. The number of ether oxygens (including phenoxy) is 1. The molecule has 3 aromatic carbocycles. The number of aryl methyl sites for hydroxylation is 2. The van der Waals surface area contributed by atoms with Gasteiger partial charge in [-0.15, -0.1) is 4.28 Å². The van der Waals surface area contributed by atoms with E-state index in [2.05, 4.69) is 23.7 Å². The number of likely N-dealkylation sites (tertiary alicyclic amines) is 1. The van der Waals surface area contributed by atoms with Crippen molar-refractivity contribution in [1.82, 2.24) is 19.5 Å². The topological polar surface area (TPSA) is 111 Å². The second kappa shape index (κ2) is 11.8. The SMILES string of the molecule is Cc1ccc(S(=O)(=O)ON(C(=O)c2ccc(C)c(-n3cnc4ccc(O[C@H]5CCN(C(C)C)C5)cc4c3=O)c2)C2CC2)cc1. The number of nitrogens with zero attached hydrogens (tertiary/aromatic N) is 4. The molecular weight excluding hydrogens is 580 g/mol. The summed E-state index contributed by atoms with van der Waals surface area (Å²) in [6.07, 6.45) is 3.66. The lowest BCUT2D eigenvalue weighted by Gasteiger charge is -2.21. The molecule has 0 radical (unpaired) electrons. The first-order chi connectivity index (χ1) is 21.0. The van der Waals surface area contributed by atoms with Crippen LogP contribution >= 0.6 is 0 Å². The van der Waals surface area contributed by atoms with Crippen molar-refractivity contribution in [2.24, 2.45) is 0 Å². The van der Waals surface area contributed by atoms with E-state index in [9.17, 15) is 18.0 Å². The summed E-state index contributed by atoms with van der Waals surface area (Å²) >= 11 is 0. The van der Waals surface area contributed by atoms with Crippen molar-refractivity contribution in [2.45, 2.75) is 70.0 Å². The molecule has 1 aliphatic carbocycles. The lowest BCUT2D eigenvalue weighted by molar-refractivity contribution is -0.0341. The van der Waals surface area contributed by atoms with E-state index < -0.39 is 16.0 Å². The average molecular weight is 617 g/mol. The molecule has 1 aliphatic heterocycles. The molecule has 0 bridgehead atoms. The maximum Gasteiger partial charge on any atom is 0.317 e. The van der Waals surface area contributed by atoms with Gasteiger partial charge < -0.3 is 4.74 Å². The van der Waals surface area contributed by atoms with Gasteiger partial charge in [0, 0.05) is 24.7 Å². The van der Waals surface area contributed by atoms with Crippen molar-refractivity contribution in [1.29, 1.82) is 0 Å². The summed E-state index contributed by atoms with van der Waals surface area (Å²) in [7, 11) is -4.23. The van der Waals surface area contributed by atoms with Gasteiger partial charge in [-0.3, -0.25) is 19.1 Å². The lowest BCUT2D eigenvalue weighted by Crippen LogP contribution is -2.35. The van der Waals surface area contributed by atoms with Crippen LogP contribution in [0, 0.1) is 13.8 Å². The number of carbonyl (C=O) groups excluding carboxylic acids is 1. The number of rotatable bonds is 9. The third kappa shape index (κ3) is 6.12. The summed E-state index contributed by atoms with van der Waals surface area (Å²) in [6, 6.07) is 16.6. The summed E-state index contributed by atoms with van der Waals surface area (Å²) in [5.74, 6) is 0.00587. The normalized spacial score (nSPS) is 17.3. The molecule has 10 nitrogen and oxygen atoms in total. The molecule has 0 unspecified atom stereocenters. The van der Waals surface area contributed by atoms with Crippen LogP contribution in [-0.4, -0.2) is 65.1 Å². The van der Waals surface area contributed by atoms with Gasteiger partial charge in [0.05, 0.1) is 27.5 Å². The van der Waals surface area contributed by atoms with Gasteiger partial charge in [-0.2, -0.15) is 13.5 Å². The Morgan fingerprint density at radius 2 is 1.75 bits per heavy atom. The van der Waals surface area contributed by atoms with E-state index in [-0.39, 0.29) is 28.2 Å². The molecule has 6 rings (SSSR count). The van der Waals surface area contributed by atoms with Crippen molar-refractivity contribution in [3.05, 3.63) is 94.0 Å². The molecule has 0 spiro atoms. The Balaban J connectivity index is 1.29. The third-order valence-electron chi connectivity index (χ3n) is 8.22. The highest BCUT2D eigenvalue weighted by atomic mass is 32.2. The van der Waals surface area contributed by atoms with Gasteiger partial charge >= 0.3 is 10.1 Å². The molecule has 1 amide bonds. The number of fused-ring (bicyclic) bond motifs is 1. The Morgan fingerprint density at radius 3 is 2.43 bits per heavy atom. The Bertz CT molecular complexity index is 1880. The van der Waals surface area contributed by atoms with Crippen LogP contribution in [0.1, 0.15) is 54.6 Å². The van der Waals surface area contributed by atoms with Gasteiger partial charge in [0.2, 0.25) is 0 Å². The van der Waals surface area contributed by atoms with E-state index >= 15 is 0 Å². The van der Waals surface area contributed by atoms with E-state index in [1.165, 1.54) is 23.0 Å². The quantitative estimate of drug-likeness (QED) is 0.247. The molecular formula is C33H36N4O6S. The van der Waals surface area contributed by atoms with Crippen molar-refractivity contribution in [3.8, 4) is 11.4 Å². The zero-order valence-electron chi connectivity index (χ0n) is 25.3. The van der Waals surface area contributed by atoms with Crippen molar-refractivity contribution >= 4 is 26.9 Å². The van der Waals surface area contributed by atoms with E-state index in [0.29, 0.717) is 41.2 Å². The zero-order valence-corrected chi connectivity index (χ0v) is 26.1. The van der Waals surface area contributed by atoms with Crippen LogP contribution in [-0.2, 0) is 14.4 Å². The highest BCUT2D eigenvalue weighted by Gasteiger charge is 2.38. The Morgan fingerprint density at radius 1 is 1.00 bits per heavy atom. The molecule has 0 N–H and O–H groups in total. The second-order valence-electron chi connectivity index (χ2n) is 11.9. The number of hydrogen-bond acceptors (Lipinski definition) is 8. The first-order valence-electron chi connectivity index (χ1n) is 14.9. The second-order valence-corrected chi connectivity index (χ2v) is 13.4. The predicted octanol–water partition coefficient (Wildman–Crippen LogP) is 4.79. The minimum atomic E-state index is -4.23. The summed E-state index contributed by atoms with van der Waals surface area (Å²) < 4.78 is 39.1. The Kier molecular flexibility index (Phi) is 8.04. The van der Waals surface area contributed by atoms with Gasteiger partial charge in [-0.05, 0) is 95.0 Å². The molecule has 230 valence electrons. The number of carbonyl (C=O) groups is 1. The van der Waals surface area contributed by atoms with Crippen LogP contribution in [0.5, 0.6) is 5.75 Å². The summed E-state index contributed by atoms with van der Waals surface area (Å²) in [5.41, 5.74) is 2.52. The molecule has 1 aromatic heterocycles. The van der Waals surface area contributed by atoms with Gasteiger partial charge in [0.1, 0.15) is 18.2 Å². The van der Waals surface area contributed by atoms with Gasteiger partial charge in [-0.25, -0.2) is 4.98 Å². The third-order valence-corrected chi connectivity index (χ3v) is 9.43. The van der Waals surface area contributed by atoms with Crippen LogP contribution < -0.4 is 10.3 Å². The summed E-state index contributed by atoms with van der Waals surface area (Å²) in [5, 5.41) is 1.34. The molecule has 44 heavy (non-hydrogen) atoms. The molecule has 11 heteroatoms. The van der Waals surface area contributed by atoms with Crippen molar-refractivity contribution in [2.75, 3.05) is 13.1 Å². The number of aromatic nitrogens is 2. The van der Waals surface area contributed by atoms with Crippen LogP contribution in [0.15, 0.2) is 76.7 Å². The van der Waals surface area contributed by atoms with Gasteiger partial charge in [0.15, 0.2) is 0 Å². The van der Waals surface area contributed by atoms with Crippen molar-refractivity contribution < 1.29 is 22.2 Å². The Hall–Kier alpha value is -4.06. The molecule has 1 saturated carbocycles. The number of hydroxylamine groups is 2. The maximum atomic E-state index is 13.8. The molecule has 4 aromatic rings. The Labute approximate surface area is 256 Å². The van der Waals surface area contributed by atoms with E-state index in [0.717, 1.165) is 35.7 Å². The summed E-state index contributed by atoms with van der Waals surface area (Å²) in [4.78, 5) is 34.3. The van der Waals surface area contributed by atoms with Crippen LogP contribution in [0.4, 0.5) is 0 Å². The fraction of sp³-hybridized carbons (Fsp3) is 0.364. The first kappa shape index (κ1) is 30.0. The fourth-order valence-electron chi connectivity index (χ4n) is 5.41. The van der Waals surface area contributed by atoms with Crippen LogP contribution in [0.3, 0.4) is 0 Å². The fourth-order valence-corrected chi connectivity index (χ4v) is 6.37. The first-order valence-corrected chi connectivity index (χ1v) is 16.3.